The van der Waals surface area contributed by atoms with Crippen LogP contribution >= 0.6 is 0 Å². The summed E-state index contributed by atoms with van der Waals surface area (Å²) in [6.45, 7) is 7.49. The molecule has 1 aromatic heterocycles. The highest BCUT2D eigenvalue weighted by Crippen LogP contribution is 2.47. The van der Waals surface area contributed by atoms with Gasteiger partial charge in [-0.3, -0.25) is 4.90 Å². The second-order valence-corrected chi connectivity index (χ2v) is 6.58. The smallest absolute Gasteiger partial charge is 0.118 e. The van der Waals surface area contributed by atoms with Crippen LogP contribution in [0.1, 0.15) is 50.5 Å². The Morgan fingerprint density at radius 1 is 1.32 bits per heavy atom. The Kier molecular flexibility index (Phi) is 3.68. The summed E-state index contributed by atoms with van der Waals surface area (Å²) in [5.74, 6) is 4.48. The minimum Gasteiger partial charge on any atom is -0.464 e. The summed E-state index contributed by atoms with van der Waals surface area (Å²) in [7, 11) is 0. The molecule has 2 aliphatic rings. The van der Waals surface area contributed by atoms with Crippen molar-refractivity contribution < 1.29 is 4.42 Å². The van der Waals surface area contributed by atoms with Crippen LogP contribution in [-0.4, -0.2) is 24.0 Å². The van der Waals surface area contributed by atoms with Gasteiger partial charge in [0.25, 0.3) is 0 Å². The Labute approximate surface area is 116 Å². The number of piperidine rings is 1. The van der Waals surface area contributed by atoms with Gasteiger partial charge < -0.3 is 10.2 Å². The molecule has 4 unspecified atom stereocenters. The summed E-state index contributed by atoms with van der Waals surface area (Å²) in [6.07, 6.45) is 3.83. The van der Waals surface area contributed by atoms with Crippen molar-refractivity contribution in [3.63, 3.8) is 0 Å². The predicted molar refractivity (Wildman–Crippen MR) is 76.9 cm³/mol. The normalized spacial score (nSPS) is 35.5. The number of furan rings is 1. The molecule has 3 rings (SSSR count). The van der Waals surface area contributed by atoms with E-state index in [1.54, 1.807) is 0 Å². The average molecular weight is 262 g/mol. The van der Waals surface area contributed by atoms with Crippen LogP contribution in [-0.2, 0) is 6.54 Å². The zero-order chi connectivity index (χ0) is 13.4. The molecule has 1 aliphatic heterocycles. The molecule has 1 aliphatic carbocycles. The first-order valence-corrected chi connectivity index (χ1v) is 7.70. The lowest BCUT2D eigenvalue weighted by Crippen LogP contribution is -2.43. The van der Waals surface area contributed by atoms with Crippen LogP contribution in [0, 0.1) is 11.8 Å². The Balaban J connectivity index is 1.61. The van der Waals surface area contributed by atoms with E-state index in [0.717, 1.165) is 31.3 Å². The lowest BCUT2D eigenvalue weighted by atomic mass is 9.93. The SMILES string of the molecule is CC1CC1c1ccc(CN2CC(CN)CCC2C)o1. The summed E-state index contributed by atoms with van der Waals surface area (Å²) >= 11 is 0. The lowest BCUT2D eigenvalue weighted by molar-refractivity contribution is 0.105. The topological polar surface area (TPSA) is 42.4 Å². The first-order chi connectivity index (χ1) is 9.17. The van der Waals surface area contributed by atoms with Gasteiger partial charge in [-0.1, -0.05) is 6.92 Å². The van der Waals surface area contributed by atoms with Crippen LogP contribution in [0.5, 0.6) is 0 Å². The molecule has 19 heavy (non-hydrogen) atoms. The highest BCUT2D eigenvalue weighted by molar-refractivity contribution is 5.17. The van der Waals surface area contributed by atoms with Crippen LogP contribution in [0.25, 0.3) is 0 Å². The summed E-state index contributed by atoms with van der Waals surface area (Å²) in [5.41, 5.74) is 5.82. The molecule has 1 saturated carbocycles. The lowest BCUT2D eigenvalue weighted by Gasteiger charge is -2.37. The Hall–Kier alpha value is -0.800. The first kappa shape index (κ1) is 13.2. The van der Waals surface area contributed by atoms with E-state index in [0.29, 0.717) is 17.9 Å². The van der Waals surface area contributed by atoms with Crippen LogP contribution in [0.3, 0.4) is 0 Å². The molecule has 3 heteroatoms. The highest BCUT2D eigenvalue weighted by Gasteiger charge is 2.36. The molecule has 0 bridgehead atoms. The van der Waals surface area contributed by atoms with E-state index in [2.05, 4.69) is 30.9 Å². The third kappa shape index (κ3) is 2.87. The summed E-state index contributed by atoms with van der Waals surface area (Å²) < 4.78 is 6.03. The Morgan fingerprint density at radius 3 is 2.79 bits per heavy atom. The molecule has 0 radical (unpaired) electrons. The standard InChI is InChI=1S/C16H26N2O/c1-11-7-15(11)16-6-5-14(19-16)10-18-9-13(8-17)4-3-12(18)2/h5-6,11-13,15H,3-4,7-10,17H2,1-2H3. The fraction of sp³-hybridized carbons (Fsp3) is 0.750. The van der Waals surface area contributed by atoms with Crippen LogP contribution in [0.4, 0.5) is 0 Å². The second kappa shape index (κ2) is 5.29. The van der Waals surface area contributed by atoms with E-state index < -0.39 is 0 Å². The third-order valence-corrected chi connectivity index (χ3v) is 4.96. The Bertz CT molecular complexity index is 428. The molecule has 0 spiro atoms. The van der Waals surface area contributed by atoms with E-state index in [1.165, 1.54) is 25.0 Å². The third-order valence-electron chi connectivity index (χ3n) is 4.96. The molecular weight excluding hydrogens is 236 g/mol. The monoisotopic (exact) mass is 262 g/mol. The van der Waals surface area contributed by atoms with E-state index in [9.17, 15) is 0 Å². The molecule has 1 saturated heterocycles. The van der Waals surface area contributed by atoms with Gasteiger partial charge in [0.2, 0.25) is 0 Å². The zero-order valence-corrected chi connectivity index (χ0v) is 12.1. The van der Waals surface area contributed by atoms with Crippen molar-refractivity contribution in [1.82, 2.24) is 4.90 Å². The number of nitrogens with two attached hydrogens (primary N) is 1. The summed E-state index contributed by atoms with van der Waals surface area (Å²) in [5, 5.41) is 0. The van der Waals surface area contributed by atoms with Gasteiger partial charge in [-0.05, 0) is 56.7 Å². The predicted octanol–water partition coefficient (Wildman–Crippen LogP) is 2.96. The molecule has 3 nitrogen and oxygen atoms in total. The molecule has 4 atom stereocenters. The fourth-order valence-electron chi connectivity index (χ4n) is 3.27. The maximum atomic E-state index is 6.03. The van der Waals surface area contributed by atoms with Crippen molar-refractivity contribution in [1.29, 1.82) is 0 Å². The van der Waals surface area contributed by atoms with Gasteiger partial charge in [-0.15, -0.1) is 0 Å². The van der Waals surface area contributed by atoms with Crippen LogP contribution < -0.4 is 5.73 Å². The molecule has 106 valence electrons. The van der Waals surface area contributed by atoms with Gasteiger partial charge in [0, 0.05) is 18.5 Å². The summed E-state index contributed by atoms with van der Waals surface area (Å²) in [6, 6.07) is 4.99. The summed E-state index contributed by atoms with van der Waals surface area (Å²) in [4.78, 5) is 2.53. The van der Waals surface area contributed by atoms with Crippen molar-refractivity contribution in [3.05, 3.63) is 23.7 Å². The van der Waals surface area contributed by atoms with E-state index >= 15 is 0 Å². The van der Waals surface area contributed by atoms with Crippen molar-refractivity contribution in [2.24, 2.45) is 17.6 Å². The van der Waals surface area contributed by atoms with Gasteiger partial charge in [-0.25, -0.2) is 0 Å². The molecule has 0 aromatic carbocycles. The molecule has 0 amide bonds. The molecule has 2 N–H and O–H groups in total. The largest absolute Gasteiger partial charge is 0.464 e. The number of nitrogens with zero attached hydrogens (tertiary/aromatic N) is 1. The van der Waals surface area contributed by atoms with E-state index in [-0.39, 0.29) is 0 Å². The van der Waals surface area contributed by atoms with Crippen molar-refractivity contribution in [2.75, 3.05) is 13.1 Å². The highest BCUT2D eigenvalue weighted by atomic mass is 16.3. The first-order valence-electron chi connectivity index (χ1n) is 7.70. The average Bonchev–Trinajstić information content (AvgIpc) is 2.96. The minimum absolute atomic E-state index is 0.649. The van der Waals surface area contributed by atoms with Crippen molar-refractivity contribution >= 4 is 0 Å². The molecule has 2 heterocycles. The molecule has 1 aromatic rings. The van der Waals surface area contributed by atoms with Crippen molar-refractivity contribution in [2.45, 2.75) is 51.6 Å². The molecule has 2 fully saturated rings. The maximum absolute atomic E-state index is 6.03. The number of rotatable bonds is 4. The quantitative estimate of drug-likeness (QED) is 0.907. The maximum Gasteiger partial charge on any atom is 0.118 e. The number of likely N-dealkylation sites (tertiary alicyclic amines) is 1. The number of hydrogen-bond acceptors (Lipinski definition) is 3. The van der Waals surface area contributed by atoms with Crippen LogP contribution in [0.15, 0.2) is 16.5 Å². The van der Waals surface area contributed by atoms with Crippen LogP contribution in [0.2, 0.25) is 0 Å². The van der Waals surface area contributed by atoms with Gasteiger partial charge in [0.1, 0.15) is 11.5 Å². The van der Waals surface area contributed by atoms with Crippen molar-refractivity contribution in [3.8, 4) is 0 Å². The van der Waals surface area contributed by atoms with Gasteiger partial charge in [0.05, 0.1) is 6.54 Å². The van der Waals surface area contributed by atoms with Gasteiger partial charge in [-0.2, -0.15) is 0 Å². The number of hydrogen-bond donors (Lipinski definition) is 1. The van der Waals surface area contributed by atoms with E-state index in [4.69, 9.17) is 10.2 Å². The Morgan fingerprint density at radius 2 is 2.11 bits per heavy atom. The van der Waals surface area contributed by atoms with E-state index in [1.807, 2.05) is 0 Å². The minimum atomic E-state index is 0.649. The van der Waals surface area contributed by atoms with Gasteiger partial charge in [0.15, 0.2) is 0 Å². The fourth-order valence-corrected chi connectivity index (χ4v) is 3.27. The molecular formula is C16H26N2O. The zero-order valence-electron chi connectivity index (χ0n) is 12.1. The second-order valence-electron chi connectivity index (χ2n) is 6.58. The van der Waals surface area contributed by atoms with Gasteiger partial charge >= 0.3 is 0 Å².